The van der Waals surface area contributed by atoms with Crippen molar-refractivity contribution in [3.63, 3.8) is 0 Å². The summed E-state index contributed by atoms with van der Waals surface area (Å²) in [7, 11) is 1.71. The van der Waals surface area contributed by atoms with E-state index in [4.69, 9.17) is 4.74 Å². The van der Waals surface area contributed by atoms with Crippen LogP contribution in [0.1, 0.15) is 6.92 Å². The number of likely N-dealkylation sites (N-methyl/N-ethyl adjacent to an activating group) is 1. The van der Waals surface area contributed by atoms with Gasteiger partial charge in [0.05, 0.1) is 6.54 Å². The van der Waals surface area contributed by atoms with Crippen molar-refractivity contribution < 1.29 is 9.53 Å². The Labute approximate surface area is 83.6 Å². The first-order valence-corrected chi connectivity index (χ1v) is 4.41. The Morgan fingerprint density at radius 2 is 2.50 bits per heavy atom. The third-order valence-corrected chi connectivity index (χ3v) is 2.03. The van der Waals surface area contributed by atoms with Crippen LogP contribution in [-0.4, -0.2) is 36.9 Å². The smallest absolute Gasteiger partial charge is 0.410 e. The van der Waals surface area contributed by atoms with Crippen LogP contribution in [0.15, 0.2) is 29.4 Å². The van der Waals surface area contributed by atoms with Crippen molar-refractivity contribution in [2.45, 2.75) is 13.0 Å². The van der Waals surface area contributed by atoms with Crippen LogP contribution in [0.3, 0.4) is 0 Å². The van der Waals surface area contributed by atoms with Gasteiger partial charge in [-0.05, 0) is 6.92 Å². The summed E-state index contributed by atoms with van der Waals surface area (Å²) in [6.45, 7) is 5.94. The van der Waals surface area contributed by atoms with E-state index in [1.165, 1.54) is 11.1 Å². The van der Waals surface area contributed by atoms with Gasteiger partial charge in [-0.1, -0.05) is 12.7 Å². The van der Waals surface area contributed by atoms with Gasteiger partial charge in [0, 0.05) is 25.0 Å². The van der Waals surface area contributed by atoms with Gasteiger partial charge >= 0.3 is 6.09 Å². The fraction of sp³-hybridized carbons (Fsp3) is 0.400. The van der Waals surface area contributed by atoms with Gasteiger partial charge in [0.15, 0.2) is 0 Å². The number of hydrogen-bond acceptors (Lipinski definition) is 3. The maximum Gasteiger partial charge on any atom is 0.410 e. The molecule has 4 nitrogen and oxygen atoms in total. The molecular weight excluding hydrogens is 180 g/mol. The minimum atomic E-state index is -0.290. The average Bonchev–Trinajstić information content (AvgIpc) is 2.48. The summed E-state index contributed by atoms with van der Waals surface area (Å²) in [6, 6.07) is 0. The van der Waals surface area contributed by atoms with Gasteiger partial charge in [0.25, 0.3) is 0 Å². The second-order valence-corrected chi connectivity index (χ2v) is 3.00. The van der Waals surface area contributed by atoms with Crippen molar-refractivity contribution in [2.24, 2.45) is 4.99 Å². The zero-order valence-corrected chi connectivity index (χ0v) is 8.43. The molecule has 1 atom stereocenters. The van der Waals surface area contributed by atoms with Crippen molar-refractivity contribution >= 4 is 12.3 Å². The summed E-state index contributed by atoms with van der Waals surface area (Å²) in [5.41, 5.74) is 0.891. The lowest BCUT2D eigenvalue weighted by molar-refractivity contribution is 0.147. The zero-order chi connectivity index (χ0) is 10.6. The Kier molecular flexibility index (Phi) is 3.45. The molecule has 0 aromatic rings. The van der Waals surface area contributed by atoms with E-state index >= 15 is 0 Å². The topological polar surface area (TPSA) is 41.9 Å². The lowest BCUT2D eigenvalue weighted by atomic mass is 10.1. The number of hydrogen-bond donors (Lipinski definition) is 0. The zero-order valence-electron chi connectivity index (χ0n) is 8.43. The highest BCUT2D eigenvalue weighted by atomic mass is 16.6. The normalized spacial score (nSPS) is 23.0. The monoisotopic (exact) mass is 194 g/mol. The number of ether oxygens (including phenoxy) is 1. The lowest BCUT2D eigenvalue weighted by Gasteiger charge is -2.07. The average molecular weight is 194 g/mol. The first-order valence-electron chi connectivity index (χ1n) is 4.41. The van der Waals surface area contributed by atoms with Crippen molar-refractivity contribution in [1.82, 2.24) is 4.90 Å². The van der Waals surface area contributed by atoms with E-state index in [0.717, 1.165) is 5.57 Å². The number of nitrogens with zero attached hydrogens (tertiary/aromatic N) is 2. The molecule has 76 valence electrons. The first kappa shape index (κ1) is 10.5. The maximum absolute atomic E-state index is 11.1. The molecule has 1 fully saturated rings. The van der Waals surface area contributed by atoms with Crippen molar-refractivity contribution in [1.29, 1.82) is 0 Å². The highest BCUT2D eigenvalue weighted by molar-refractivity contribution is 5.82. The second-order valence-electron chi connectivity index (χ2n) is 3.00. The number of aliphatic imine (C=N–C) groups is 1. The van der Waals surface area contributed by atoms with Gasteiger partial charge < -0.3 is 9.64 Å². The molecule has 1 aliphatic rings. The molecule has 0 aromatic carbocycles. The van der Waals surface area contributed by atoms with Gasteiger partial charge in [-0.15, -0.1) is 0 Å². The molecule has 4 heteroatoms. The number of amides is 1. The standard InChI is InChI=1S/C10H14N2O2/c1-4-8(6-11-5-2)9-7-12(3)10(13)14-9/h4-6,9H,2,7H2,1,3H3/b8-4+,11-6?/t9-/m0/s1. The molecule has 14 heavy (non-hydrogen) atoms. The van der Waals surface area contributed by atoms with Crippen LogP contribution >= 0.6 is 0 Å². The first-order chi connectivity index (χ1) is 6.69. The summed E-state index contributed by atoms with van der Waals surface area (Å²) in [5.74, 6) is 0. The van der Waals surface area contributed by atoms with E-state index in [1.807, 2.05) is 13.0 Å². The van der Waals surface area contributed by atoms with E-state index < -0.39 is 0 Å². The predicted molar refractivity (Wildman–Crippen MR) is 55.3 cm³/mol. The highest BCUT2D eigenvalue weighted by Gasteiger charge is 2.29. The third-order valence-electron chi connectivity index (χ3n) is 2.03. The van der Waals surface area contributed by atoms with Gasteiger partial charge in [-0.25, -0.2) is 4.79 Å². The largest absolute Gasteiger partial charge is 0.439 e. The molecule has 1 aliphatic heterocycles. The van der Waals surface area contributed by atoms with Crippen molar-refractivity contribution in [2.75, 3.05) is 13.6 Å². The maximum atomic E-state index is 11.1. The molecule has 1 rings (SSSR count). The predicted octanol–water partition coefficient (Wildman–Crippen LogP) is 1.60. The molecule has 0 bridgehead atoms. The van der Waals surface area contributed by atoms with Gasteiger partial charge in [-0.2, -0.15) is 0 Å². The number of rotatable bonds is 3. The van der Waals surface area contributed by atoms with Crippen LogP contribution in [0.25, 0.3) is 0 Å². The quantitative estimate of drug-likeness (QED) is 0.640. The molecular formula is C10H14N2O2. The molecule has 0 unspecified atom stereocenters. The van der Waals surface area contributed by atoms with Crippen LogP contribution in [0, 0.1) is 0 Å². The molecule has 0 N–H and O–H groups in total. The minimum Gasteiger partial charge on any atom is -0.439 e. The molecule has 0 radical (unpaired) electrons. The molecule has 0 aliphatic carbocycles. The number of cyclic esters (lactones) is 1. The van der Waals surface area contributed by atoms with E-state index in [2.05, 4.69) is 11.6 Å². The summed E-state index contributed by atoms with van der Waals surface area (Å²) in [4.78, 5) is 16.5. The van der Waals surface area contributed by atoms with Crippen molar-refractivity contribution in [3.8, 4) is 0 Å². The molecule has 0 aromatic heterocycles. The molecule has 1 amide bonds. The summed E-state index contributed by atoms with van der Waals surface area (Å²) >= 11 is 0. The molecule has 0 spiro atoms. The van der Waals surface area contributed by atoms with E-state index in [-0.39, 0.29) is 12.2 Å². The fourth-order valence-electron chi connectivity index (χ4n) is 1.23. The number of carbonyl (C=O) groups excluding carboxylic acids is 1. The number of carbonyl (C=O) groups is 1. The van der Waals surface area contributed by atoms with Crippen LogP contribution in [0.2, 0.25) is 0 Å². The van der Waals surface area contributed by atoms with E-state index in [0.29, 0.717) is 6.54 Å². The molecule has 0 saturated carbocycles. The summed E-state index contributed by atoms with van der Waals surface area (Å²) < 4.78 is 5.12. The fourth-order valence-corrected chi connectivity index (χ4v) is 1.23. The molecule has 1 saturated heterocycles. The van der Waals surface area contributed by atoms with E-state index in [9.17, 15) is 4.79 Å². The highest BCUT2D eigenvalue weighted by Crippen LogP contribution is 2.15. The van der Waals surface area contributed by atoms with Crippen LogP contribution in [0.4, 0.5) is 4.79 Å². The van der Waals surface area contributed by atoms with Gasteiger partial charge in [-0.3, -0.25) is 4.99 Å². The summed E-state index contributed by atoms with van der Waals surface area (Å²) in [5, 5.41) is 0. The Morgan fingerprint density at radius 3 is 2.93 bits per heavy atom. The second kappa shape index (κ2) is 4.60. The van der Waals surface area contributed by atoms with Crippen molar-refractivity contribution in [3.05, 3.63) is 24.4 Å². The molecule has 1 heterocycles. The summed E-state index contributed by atoms with van der Waals surface area (Å²) in [6.07, 6.45) is 4.49. The Bertz CT molecular complexity index is 294. The minimum absolute atomic E-state index is 0.207. The lowest BCUT2D eigenvalue weighted by Crippen LogP contribution is -2.20. The van der Waals surface area contributed by atoms with Crippen LogP contribution in [-0.2, 0) is 4.74 Å². The van der Waals surface area contributed by atoms with Gasteiger partial charge in [0.2, 0.25) is 0 Å². The van der Waals surface area contributed by atoms with Crippen LogP contribution < -0.4 is 0 Å². The van der Waals surface area contributed by atoms with E-state index in [1.54, 1.807) is 13.3 Å². The Morgan fingerprint density at radius 1 is 1.79 bits per heavy atom. The SMILES string of the molecule is C=CN=C/C(=C\C)[C@@H]1CN(C)C(=O)O1. The third kappa shape index (κ3) is 2.22. The Hall–Kier alpha value is -1.58. The van der Waals surface area contributed by atoms with Crippen LogP contribution in [0.5, 0.6) is 0 Å². The number of allylic oxidation sites excluding steroid dienone is 1. The Balaban J connectivity index is 2.69. The van der Waals surface area contributed by atoms with Gasteiger partial charge in [0.1, 0.15) is 6.10 Å².